The summed E-state index contributed by atoms with van der Waals surface area (Å²) in [6, 6.07) is 23.8. The fourth-order valence-corrected chi connectivity index (χ4v) is 8.55. The molecule has 6 rings (SSSR count). The van der Waals surface area contributed by atoms with Gasteiger partial charge in [-0.1, -0.05) is 72.8 Å². The molecule has 1 fully saturated rings. The number of hydrogen-bond donors (Lipinski definition) is 10. The lowest BCUT2D eigenvalue weighted by molar-refractivity contribution is -0.139. The minimum Gasteiger partial charge on any atom is -0.381 e. The molecule has 1 aliphatic rings. The number of carbonyl (C=O) groups excluding carboxylic acids is 9. The SMILES string of the molecule is CC(=O)NCCCC[C@H](NC(=O)C1(NC(=O)CCc2ccc3ccccc3c2)CCOCC1)C(=O)NCCC(N)=O.CN(CC(N)=O)C(=O)[C@H](Cc1cccnc1)NC=O.C[C@@H](Cc1ccc(-n2cc(CCN=C(N)N)nn2)cc1)C(N)=O. The van der Waals surface area contributed by atoms with Crippen LogP contribution in [-0.2, 0) is 73.6 Å². The van der Waals surface area contributed by atoms with E-state index < -0.39 is 41.3 Å². The molecule has 0 bridgehead atoms. The highest BCUT2D eigenvalue weighted by Crippen LogP contribution is 2.23. The molecule has 0 saturated carbocycles. The Morgan fingerprint density at radius 2 is 1.51 bits per heavy atom. The third-order valence-corrected chi connectivity index (χ3v) is 13.1. The summed E-state index contributed by atoms with van der Waals surface area (Å²) in [7, 11) is 1.45. The van der Waals surface area contributed by atoms with Gasteiger partial charge < -0.3 is 64.9 Å². The van der Waals surface area contributed by atoms with Crippen LogP contribution in [0.3, 0.4) is 0 Å². The number of benzene rings is 3. The van der Waals surface area contributed by atoms with E-state index in [4.69, 9.17) is 33.4 Å². The molecule has 1 aliphatic heterocycles. The van der Waals surface area contributed by atoms with E-state index in [0.29, 0.717) is 77.7 Å². The highest BCUT2D eigenvalue weighted by Gasteiger charge is 2.42. The Morgan fingerprint density at radius 1 is 0.795 bits per heavy atom. The van der Waals surface area contributed by atoms with Gasteiger partial charge in [0.15, 0.2) is 5.96 Å². The van der Waals surface area contributed by atoms with Crippen LogP contribution in [0.4, 0.5) is 0 Å². The van der Waals surface area contributed by atoms with Crippen molar-refractivity contribution in [2.45, 2.75) is 102 Å². The molecule has 446 valence electrons. The van der Waals surface area contributed by atoms with Crippen molar-refractivity contribution in [3.05, 3.63) is 120 Å². The molecule has 1 saturated heterocycles. The third-order valence-electron chi connectivity index (χ3n) is 13.1. The average Bonchev–Trinajstić information content (AvgIpc) is 4.03. The summed E-state index contributed by atoms with van der Waals surface area (Å²) >= 11 is 0. The van der Waals surface area contributed by atoms with Gasteiger partial charge in [-0.25, -0.2) is 4.68 Å². The number of nitrogens with two attached hydrogens (primary N) is 5. The molecule has 3 aromatic carbocycles. The van der Waals surface area contributed by atoms with E-state index in [1.54, 1.807) is 29.2 Å². The summed E-state index contributed by atoms with van der Waals surface area (Å²) in [5.74, 6) is -3.24. The highest BCUT2D eigenvalue weighted by molar-refractivity contribution is 5.95. The van der Waals surface area contributed by atoms with Crippen LogP contribution in [0.15, 0.2) is 102 Å². The lowest BCUT2D eigenvalue weighted by Gasteiger charge is -2.37. The standard InChI is InChI=1S/C30H41N5O6.C15H21N7O.C12H16N4O3/c1-21(36)32-16-5-4-8-25(28(39)33-17-13-26(31)37)34-29(40)30(14-18-41-19-15-30)35-27(38)12-10-22-9-11-23-6-2-3-7-24(23)20-22;1-10(14(16)23)8-11-2-4-13(5-3-11)22-9-12(20-21-22)6-7-19-15(17)18;1-16(7-11(13)18)12(19)10(15-8-17)5-9-3-2-4-14-6-9/h2-3,6-7,9,11,20,25H,4-5,8,10,12-19H2,1H3,(H2,31,37)(H,32,36)(H,33,39)(H,34,40)(H,35,38);2-5,9-10H,6-8H2,1H3,(H2,16,23)(H4,17,18,19);2-4,6,8,10H,5,7H2,1H3,(H2,13,18)(H,15,17)/t25-;2*10-/m000/s1. The molecule has 5 aromatic rings. The number of nitrogens with zero attached hydrogens (tertiary/aromatic N) is 6. The highest BCUT2D eigenvalue weighted by atomic mass is 16.5. The first-order valence-corrected chi connectivity index (χ1v) is 27.1. The van der Waals surface area contributed by atoms with Crippen LogP contribution in [0.1, 0.15) is 81.2 Å². The smallest absolute Gasteiger partial charge is 0.246 e. The fourth-order valence-electron chi connectivity index (χ4n) is 8.55. The molecule has 83 heavy (non-hydrogen) atoms. The number of fused-ring (bicyclic) bond motifs is 1. The maximum atomic E-state index is 13.7. The van der Waals surface area contributed by atoms with Crippen LogP contribution in [0, 0.1) is 5.92 Å². The van der Waals surface area contributed by atoms with Crippen LogP contribution in [0.2, 0.25) is 0 Å². The molecular formula is C57H78N16O10. The largest absolute Gasteiger partial charge is 0.381 e. The second-order valence-electron chi connectivity index (χ2n) is 19.9. The number of ether oxygens (including phenoxy) is 1. The molecule has 26 nitrogen and oxygen atoms in total. The number of primary amides is 3. The summed E-state index contributed by atoms with van der Waals surface area (Å²) in [6.45, 7) is 4.63. The molecule has 3 atom stereocenters. The Balaban J connectivity index is 0.000000296. The van der Waals surface area contributed by atoms with Gasteiger partial charge in [0.1, 0.15) is 17.6 Å². The maximum Gasteiger partial charge on any atom is 0.246 e. The lowest BCUT2D eigenvalue weighted by atomic mass is 9.88. The van der Waals surface area contributed by atoms with Crippen molar-refractivity contribution in [3.8, 4) is 5.69 Å². The second-order valence-corrected chi connectivity index (χ2v) is 19.9. The Labute approximate surface area is 481 Å². The zero-order valence-electron chi connectivity index (χ0n) is 47.2. The summed E-state index contributed by atoms with van der Waals surface area (Å²) in [6.07, 6.45) is 9.80. The van der Waals surface area contributed by atoms with Crippen molar-refractivity contribution in [1.82, 2.24) is 51.5 Å². The minimum absolute atomic E-state index is 0.0243. The van der Waals surface area contributed by atoms with Gasteiger partial charge in [0, 0.05) is 104 Å². The maximum absolute atomic E-state index is 13.7. The number of carbonyl (C=O) groups is 9. The van der Waals surface area contributed by atoms with Crippen molar-refractivity contribution in [2.24, 2.45) is 39.6 Å². The first-order valence-electron chi connectivity index (χ1n) is 27.1. The van der Waals surface area contributed by atoms with Crippen molar-refractivity contribution < 1.29 is 47.9 Å². The number of hydrogen-bond acceptors (Lipinski definition) is 14. The molecule has 9 amide bonds. The van der Waals surface area contributed by atoms with E-state index in [0.717, 1.165) is 38.8 Å². The Morgan fingerprint density at radius 3 is 2.14 bits per heavy atom. The first kappa shape index (κ1) is 66.2. The Kier molecular flexibility index (Phi) is 27.7. The number of amides is 9. The quantitative estimate of drug-likeness (QED) is 0.0127. The minimum atomic E-state index is -1.21. The zero-order chi connectivity index (χ0) is 60.7. The van der Waals surface area contributed by atoms with E-state index in [9.17, 15) is 43.2 Å². The molecule has 0 unspecified atom stereocenters. The van der Waals surface area contributed by atoms with Crippen LogP contribution in [0.5, 0.6) is 0 Å². The van der Waals surface area contributed by atoms with Crippen LogP contribution in [-0.4, -0.2) is 149 Å². The van der Waals surface area contributed by atoms with Crippen LogP contribution >= 0.6 is 0 Å². The monoisotopic (exact) mass is 1150 g/mol. The predicted octanol–water partition coefficient (Wildman–Crippen LogP) is -0.350. The summed E-state index contributed by atoms with van der Waals surface area (Å²) in [5, 5.41) is 24.0. The number of rotatable bonds is 29. The predicted molar refractivity (Wildman–Crippen MR) is 310 cm³/mol. The van der Waals surface area contributed by atoms with Crippen molar-refractivity contribution in [3.63, 3.8) is 0 Å². The lowest BCUT2D eigenvalue weighted by Crippen LogP contribution is -2.63. The summed E-state index contributed by atoms with van der Waals surface area (Å²) < 4.78 is 7.16. The molecule has 0 radical (unpaired) electrons. The first-order chi connectivity index (χ1) is 39.7. The topological polar surface area (TPSA) is 412 Å². The average molecular weight is 1150 g/mol. The van der Waals surface area contributed by atoms with Gasteiger partial charge >= 0.3 is 0 Å². The van der Waals surface area contributed by atoms with E-state index in [2.05, 4.69) is 52.9 Å². The molecule has 26 heteroatoms. The van der Waals surface area contributed by atoms with E-state index in [1.807, 2.05) is 73.8 Å². The summed E-state index contributed by atoms with van der Waals surface area (Å²) in [4.78, 5) is 115. The van der Waals surface area contributed by atoms with Gasteiger partial charge in [0.2, 0.25) is 53.7 Å². The molecule has 3 heterocycles. The Hall–Kier alpha value is -9.33. The van der Waals surface area contributed by atoms with Gasteiger partial charge in [-0.3, -0.25) is 53.1 Å². The van der Waals surface area contributed by atoms with E-state index in [-0.39, 0.29) is 74.3 Å². The normalized spacial score (nSPS) is 13.3. The number of pyridine rings is 1. The molecular weight excluding hydrogens is 1070 g/mol. The number of likely N-dealkylation sites (N-methyl/N-ethyl adjacent to an activating group) is 1. The number of unbranched alkanes of at least 4 members (excludes halogenated alkanes) is 1. The molecule has 15 N–H and O–H groups in total. The number of aromatic nitrogens is 4. The number of aliphatic imine (C=N–C) groups is 1. The second kappa shape index (κ2) is 34.7. The Bertz CT molecular complexity index is 2960. The molecule has 2 aromatic heterocycles. The fraction of sp³-hybridized carbons (Fsp3) is 0.421. The van der Waals surface area contributed by atoms with Crippen LogP contribution in [0.25, 0.3) is 16.5 Å². The number of guanidine groups is 1. The zero-order valence-corrected chi connectivity index (χ0v) is 47.2. The molecule has 0 spiro atoms. The van der Waals surface area contributed by atoms with Gasteiger partial charge in [0.05, 0.1) is 24.1 Å². The number of aryl methyl sites for hydroxylation is 1. The van der Waals surface area contributed by atoms with Gasteiger partial charge in [-0.15, -0.1) is 5.10 Å². The van der Waals surface area contributed by atoms with Gasteiger partial charge in [0.25, 0.3) is 0 Å². The van der Waals surface area contributed by atoms with E-state index >= 15 is 0 Å². The van der Waals surface area contributed by atoms with E-state index in [1.165, 1.54) is 18.9 Å². The third kappa shape index (κ3) is 24.1. The number of nitrogens with one attached hydrogen (secondary N) is 5. The van der Waals surface area contributed by atoms with Crippen molar-refractivity contribution in [2.75, 3.05) is 46.4 Å². The van der Waals surface area contributed by atoms with Gasteiger partial charge in [-0.2, -0.15) is 0 Å². The van der Waals surface area contributed by atoms with Gasteiger partial charge in [-0.05, 0) is 77.8 Å². The van der Waals surface area contributed by atoms with Crippen LogP contribution < -0.4 is 55.3 Å². The molecule has 0 aliphatic carbocycles. The van der Waals surface area contributed by atoms with Crippen molar-refractivity contribution in [1.29, 1.82) is 0 Å². The van der Waals surface area contributed by atoms with Crippen molar-refractivity contribution >= 4 is 70.4 Å². The summed E-state index contributed by atoms with van der Waals surface area (Å²) in [5.41, 5.74) is 29.4.